The van der Waals surface area contributed by atoms with Crippen LogP contribution in [0.5, 0.6) is 5.75 Å². The highest BCUT2D eigenvalue weighted by Crippen LogP contribution is 2.30. The van der Waals surface area contributed by atoms with Crippen LogP contribution in [0.3, 0.4) is 0 Å². The highest BCUT2D eigenvalue weighted by Gasteiger charge is 2.22. The fourth-order valence-electron chi connectivity index (χ4n) is 2.97. The largest absolute Gasteiger partial charge is 0.493 e. The smallest absolute Gasteiger partial charge is 0.221 e. The summed E-state index contributed by atoms with van der Waals surface area (Å²) in [6, 6.07) is 16.0. The van der Waals surface area contributed by atoms with Gasteiger partial charge in [-0.3, -0.25) is 9.79 Å². The van der Waals surface area contributed by atoms with Crippen molar-refractivity contribution in [2.45, 2.75) is 32.7 Å². The molecule has 0 atom stereocenters. The lowest BCUT2D eigenvalue weighted by Gasteiger charge is -2.15. The fourth-order valence-corrected chi connectivity index (χ4v) is 2.97. The average Bonchev–Trinajstić information content (AvgIpc) is 3.55. The van der Waals surface area contributed by atoms with Crippen molar-refractivity contribution < 1.29 is 9.53 Å². The number of carbonyl (C=O) groups is 1. The van der Waals surface area contributed by atoms with Gasteiger partial charge in [0.15, 0.2) is 5.96 Å². The Balaban J connectivity index is 1.43. The number of nitrogens with one attached hydrogen (secondary N) is 3. The van der Waals surface area contributed by atoms with Gasteiger partial charge in [-0.2, -0.15) is 0 Å². The maximum atomic E-state index is 11.1. The van der Waals surface area contributed by atoms with Crippen molar-refractivity contribution in [1.29, 1.82) is 0 Å². The SMILES string of the molecule is CN=C(NCCc1ccc(NC(C)=O)cc1)NCc1ccccc1OCC1CC1. The van der Waals surface area contributed by atoms with Crippen LogP contribution in [0.25, 0.3) is 0 Å². The Hall–Kier alpha value is -3.02. The Morgan fingerprint density at radius 3 is 2.55 bits per heavy atom. The maximum absolute atomic E-state index is 11.1. The number of amides is 1. The number of benzene rings is 2. The maximum Gasteiger partial charge on any atom is 0.221 e. The number of hydrogen-bond donors (Lipinski definition) is 3. The predicted octanol–water partition coefficient (Wildman–Crippen LogP) is 3.34. The number of ether oxygens (including phenoxy) is 1. The van der Waals surface area contributed by atoms with Gasteiger partial charge in [-0.15, -0.1) is 0 Å². The number of carbonyl (C=O) groups excluding carboxylic acids is 1. The van der Waals surface area contributed by atoms with E-state index in [4.69, 9.17) is 4.74 Å². The van der Waals surface area contributed by atoms with Crippen molar-refractivity contribution in [3.8, 4) is 5.75 Å². The van der Waals surface area contributed by atoms with Crippen LogP contribution in [0.2, 0.25) is 0 Å². The fraction of sp³-hybridized carbons (Fsp3) is 0.391. The number of guanidine groups is 1. The summed E-state index contributed by atoms with van der Waals surface area (Å²) in [7, 11) is 1.77. The number of anilines is 1. The summed E-state index contributed by atoms with van der Waals surface area (Å²) in [4.78, 5) is 15.4. The first-order valence-corrected chi connectivity index (χ1v) is 10.2. The van der Waals surface area contributed by atoms with Crippen LogP contribution in [0.1, 0.15) is 30.9 Å². The summed E-state index contributed by atoms with van der Waals surface area (Å²) < 4.78 is 5.97. The van der Waals surface area contributed by atoms with Crippen LogP contribution in [0.4, 0.5) is 5.69 Å². The molecule has 2 aromatic rings. The monoisotopic (exact) mass is 394 g/mol. The Bertz CT molecular complexity index is 829. The molecule has 3 rings (SSSR count). The van der Waals surface area contributed by atoms with Gasteiger partial charge in [0.05, 0.1) is 6.61 Å². The van der Waals surface area contributed by atoms with E-state index in [1.807, 2.05) is 42.5 Å². The minimum absolute atomic E-state index is 0.0613. The van der Waals surface area contributed by atoms with Crippen LogP contribution < -0.4 is 20.7 Å². The van der Waals surface area contributed by atoms with E-state index in [9.17, 15) is 4.79 Å². The molecule has 1 fully saturated rings. The van der Waals surface area contributed by atoms with Gasteiger partial charge in [-0.25, -0.2) is 0 Å². The van der Waals surface area contributed by atoms with Crippen molar-refractivity contribution >= 4 is 17.6 Å². The van der Waals surface area contributed by atoms with Gasteiger partial charge >= 0.3 is 0 Å². The quantitative estimate of drug-likeness (QED) is 0.450. The molecule has 1 aliphatic rings. The summed E-state index contributed by atoms with van der Waals surface area (Å²) in [5.74, 6) is 2.38. The zero-order valence-corrected chi connectivity index (χ0v) is 17.2. The third-order valence-electron chi connectivity index (χ3n) is 4.79. The molecular formula is C23H30N4O2. The lowest BCUT2D eigenvalue weighted by Crippen LogP contribution is -2.37. The van der Waals surface area contributed by atoms with Crippen LogP contribution >= 0.6 is 0 Å². The molecule has 154 valence electrons. The first-order valence-electron chi connectivity index (χ1n) is 10.2. The molecule has 0 heterocycles. The Kier molecular flexibility index (Phi) is 7.50. The van der Waals surface area contributed by atoms with Gasteiger partial charge in [0, 0.05) is 38.3 Å². The zero-order valence-electron chi connectivity index (χ0n) is 17.2. The second kappa shape index (κ2) is 10.5. The first-order chi connectivity index (χ1) is 14.1. The molecular weight excluding hydrogens is 364 g/mol. The van der Waals surface area contributed by atoms with E-state index in [1.165, 1.54) is 25.3 Å². The Morgan fingerprint density at radius 1 is 1.10 bits per heavy atom. The third-order valence-corrected chi connectivity index (χ3v) is 4.79. The molecule has 3 N–H and O–H groups in total. The van der Waals surface area contributed by atoms with Crippen molar-refractivity contribution in [1.82, 2.24) is 10.6 Å². The van der Waals surface area contributed by atoms with E-state index in [-0.39, 0.29) is 5.91 Å². The number of nitrogens with zero attached hydrogens (tertiary/aromatic N) is 1. The Labute approximate surface area is 172 Å². The molecule has 0 aliphatic heterocycles. The number of rotatable bonds is 9. The number of aliphatic imine (C=N–C) groups is 1. The van der Waals surface area contributed by atoms with Gasteiger partial charge in [0.1, 0.15) is 5.75 Å². The second-order valence-corrected chi connectivity index (χ2v) is 7.34. The molecule has 6 heteroatoms. The van der Waals surface area contributed by atoms with Gasteiger partial charge < -0.3 is 20.7 Å². The van der Waals surface area contributed by atoms with E-state index in [2.05, 4.69) is 27.0 Å². The summed E-state index contributed by atoms with van der Waals surface area (Å²) >= 11 is 0. The standard InChI is InChI=1S/C23H30N4O2/c1-17(28)27-21-11-9-18(10-12-21)13-14-25-23(24-2)26-15-20-5-3-4-6-22(20)29-16-19-7-8-19/h3-6,9-12,19H,7-8,13-16H2,1-2H3,(H,27,28)(H2,24,25,26). The normalized spacial score (nSPS) is 13.7. The van der Waals surface area contributed by atoms with Gasteiger partial charge in [0.2, 0.25) is 5.91 Å². The lowest BCUT2D eigenvalue weighted by atomic mass is 10.1. The summed E-state index contributed by atoms with van der Waals surface area (Å²) in [6.07, 6.45) is 3.43. The molecule has 6 nitrogen and oxygen atoms in total. The first kappa shape index (κ1) is 20.7. The van der Waals surface area contributed by atoms with Crippen molar-refractivity contribution in [3.63, 3.8) is 0 Å². The summed E-state index contributed by atoms with van der Waals surface area (Å²) in [6.45, 7) is 3.74. The molecule has 29 heavy (non-hydrogen) atoms. The van der Waals surface area contributed by atoms with E-state index >= 15 is 0 Å². The van der Waals surface area contributed by atoms with E-state index < -0.39 is 0 Å². The van der Waals surface area contributed by atoms with E-state index in [1.54, 1.807) is 7.05 Å². The molecule has 1 amide bonds. The van der Waals surface area contributed by atoms with Crippen LogP contribution in [0.15, 0.2) is 53.5 Å². The van der Waals surface area contributed by atoms with Crippen molar-refractivity contribution in [2.24, 2.45) is 10.9 Å². The van der Waals surface area contributed by atoms with Gasteiger partial charge in [-0.05, 0) is 48.9 Å². The van der Waals surface area contributed by atoms with Gasteiger partial charge in [-0.1, -0.05) is 30.3 Å². The van der Waals surface area contributed by atoms with E-state index in [0.717, 1.165) is 48.5 Å². The van der Waals surface area contributed by atoms with Crippen LogP contribution in [-0.2, 0) is 17.8 Å². The molecule has 1 saturated carbocycles. The summed E-state index contributed by atoms with van der Waals surface area (Å²) in [5, 5.41) is 9.48. The minimum atomic E-state index is -0.0613. The van der Waals surface area contributed by atoms with E-state index in [0.29, 0.717) is 6.54 Å². The minimum Gasteiger partial charge on any atom is -0.493 e. The van der Waals surface area contributed by atoms with Crippen LogP contribution in [0, 0.1) is 5.92 Å². The van der Waals surface area contributed by atoms with Crippen molar-refractivity contribution in [3.05, 3.63) is 59.7 Å². The summed E-state index contributed by atoms with van der Waals surface area (Å²) in [5.41, 5.74) is 3.14. The van der Waals surface area contributed by atoms with Crippen molar-refractivity contribution in [2.75, 3.05) is 25.5 Å². The average molecular weight is 395 g/mol. The van der Waals surface area contributed by atoms with Gasteiger partial charge in [0.25, 0.3) is 0 Å². The molecule has 0 saturated heterocycles. The number of hydrogen-bond acceptors (Lipinski definition) is 3. The molecule has 0 bridgehead atoms. The zero-order chi connectivity index (χ0) is 20.5. The Morgan fingerprint density at radius 2 is 1.86 bits per heavy atom. The van der Waals surface area contributed by atoms with Crippen LogP contribution in [-0.4, -0.2) is 32.1 Å². The molecule has 2 aromatic carbocycles. The number of para-hydroxylation sites is 1. The third kappa shape index (κ3) is 7.14. The lowest BCUT2D eigenvalue weighted by molar-refractivity contribution is -0.114. The molecule has 1 aliphatic carbocycles. The molecule has 0 unspecified atom stereocenters. The molecule has 0 radical (unpaired) electrons. The highest BCUT2D eigenvalue weighted by molar-refractivity contribution is 5.88. The predicted molar refractivity (Wildman–Crippen MR) is 117 cm³/mol. The highest BCUT2D eigenvalue weighted by atomic mass is 16.5. The molecule has 0 spiro atoms. The second-order valence-electron chi connectivity index (χ2n) is 7.34. The molecule has 0 aromatic heterocycles. The topological polar surface area (TPSA) is 74.8 Å².